The van der Waals surface area contributed by atoms with Crippen molar-refractivity contribution < 1.29 is 14.3 Å². The van der Waals surface area contributed by atoms with Crippen LogP contribution in [0.2, 0.25) is 0 Å². The van der Waals surface area contributed by atoms with Gasteiger partial charge in [-0.3, -0.25) is 0 Å². The first-order valence-electron chi connectivity index (χ1n) is 7.70. The third-order valence-electron chi connectivity index (χ3n) is 3.68. The topological polar surface area (TPSA) is 74.5 Å². The minimum atomic E-state index is -0.181. The van der Waals surface area contributed by atoms with Crippen molar-refractivity contribution in [1.82, 2.24) is 10.6 Å². The van der Waals surface area contributed by atoms with Gasteiger partial charge in [0.15, 0.2) is 0 Å². The number of amides is 2. The third-order valence-corrected chi connectivity index (χ3v) is 3.68. The maximum atomic E-state index is 11.9. The summed E-state index contributed by atoms with van der Waals surface area (Å²) in [6, 6.07) is 1.68. The van der Waals surface area contributed by atoms with Crippen molar-refractivity contribution in [1.29, 1.82) is 0 Å². The summed E-state index contributed by atoms with van der Waals surface area (Å²) in [7, 11) is 0. The molecule has 2 amide bonds. The first-order chi connectivity index (χ1) is 9.97. The van der Waals surface area contributed by atoms with E-state index in [1.165, 1.54) is 0 Å². The van der Waals surface area contributed by atoms with Crippen LogP contribution >= 0.6 is 0 Å². The zero-order valence-electron chi connectivity index (χ0n) is 13.5. The molecule has 1 aromatic heterocycles. The second-order valence-electron chi connectivity index (χ2n) is 5.61. The molecule has 0 saturated carbocycles. The van der Waals surface area contributed by atoms with Crippen LogP contribution in [0.3, 0.4) is 0 Å². The molecule has 0 spiro atoms. The van der Waals surface area contributed by atoms with Gasteiger partial charge < -0.3 is 20.2 Å². The van der Waals surface area contributed by atoms with Crippen LogP contribution in [0.4, 0.5) is 4.79 Å². The fourth-order valence-electron chi connectivity index (χ4n) is 2.58. The van der Waals surface area contributed by atoms with Crippen molar-refractivity contribution in [3.8, 4) is 0 Å². The summed E-state index contributed by atoms with van der Waals surface area (Å²) in [5.74, 6) is 2.02. The molecule has 0 saturated heterocycles. The van der Waals surface area contributed by atoms with Gasteiger partial charge in [-0.1, -0.05) is 13.3 Å². The third kappa shape index (κ3) is 5.79. The number of aliphatic hydroxyl groups is 1. The van der Waals surface area contributed by atoms with Crippen LogP contribution in [0.1, 0.15) is 56.2 Å². The number of carbonyl (C=O) groups is 1. The molecule has 5 heteroatoms. The summed E-state index contributed by atoms with van der Waals surface area (Å²) >= 11 is 0. The highest BCUT2D eigenvalue weighted by molar-refractivity contribution is 5.74. The number of nitrogens with one attached hydrogen (secondary N) is 2. The Bertz CT molecular complexity index is 437. The molecule has 0 radical (unpaired) electrons. The maximum absolute atomic E-state index is 11.9. The van der Waals surface area contributed by atoms with Crippen LogP contribution in [-0.2, 0) is 0 Å². The highest BCUT2D eigenvalue weighted by Gasteiger charge is 2.15. The van der Waals surface area contributed by atoms with E-state index in [2.05, 4.69) is 17.6 Å². The maximum Gasteiger partial charge on any atom is 0.315 e. The molecule has 120 valence electrons. The Morgan fingerprint density at radius 1 is 1.38 bits per heavy atom. The van der Waals surface area contributed by atoms with Crippen LogP contribution in [0.25, 0.3) is 0 Å². The fourth-order valence-corrected chi connectivity index (χ4v) is 2.58. The molecule has 0 aliphatic rings. The van der Waals surface area contributed by atoms with Gasteiger partial charge in [-0.2, -0.15) is 0 Å². The van der Waals surface area contributed by atoms with Crippen LogP contribution in [0.5, 0.6) is 0 Å². The molecule has 3 N–H and O–H groups in total. The summed E-state index contributed by atoms with van der Waals surface area (Å²) in [5.41, 5.74) is 1.00. The number of furan rings is 1. The van der Waals surface area contributed by atoms with Gasteiger partial charge in [-0.15, -0.1) is 0 Å². The smallest absolute Gasteiger partial charge is 0.315 e. The molecule has 5 nitrogen and oxygen atoms in total. The Balaban J connectivity index is 2.44. The number of rotatable bonds is 8. The molecule has 0 bridgehead atoms. The van der Waals surface area contributed by atoms with Crippen molar-refractivity contribution in [2.75, 3.05) is 13.2 Å². The lowest BCUT2D eigenvalue weighted by Gasteiger charge is -2.18. The van der Waals surface area contributed by atoms with Gasteiger partial charge >= 0.3 is 6.03 Å². The second kappa shape index (κ2) is 8.72. The van der Waals surface area contributed by atoms with E-state index in [-0.39, 0.29) is 18.7 Å². The van der Waals surface area contributed by atoms with Crippen molar-refractivity contribution in [3.05, 3.63) is 23.2 Å². The Labute approximate surface area is 127 Å². The highest BCUT2D eigenvalue weighted by Crippen LogP contribution is 2.21. The molecule has 2 unspecified atom stereocenters. The molecule has 1 heterocycles. The minimum Gasteiger partial charge on any atom is -0.466 e. The summed E-state index contributed by atoms with van der Waals surface area (Å²) in [4.78, 5) is 11.9. The van der Waals surface area contributed by atoms with Gasteiger partial charge in [-0.25, -0.2) is 4.79 Å². The molecule has 0 aliphatic heterocycles. The number of carbonyl (C=O) groups excluding carboxylic acids is 1. The van der Waals surface area contributed by atoms with Gasteiger partial charge in [0, 0.05) is 18.7 Å². The number of aryl methyl sites for hydroxylation is 2. The van der Waals surface area contributed by atoms with Gasteiger partial charge in [0.2, 0.25) is 0 Å². The average molecular weight is 296 g/mol. The Kier molecular flexibility index (Phi) is 7.29. The normalized spacial score (nSPS) is 13.8. The van der Waals surface area contributed by atoms with E-state index in [1.54, 1.807) is 0 Å². The lowest BCUT2D eigenvalue weighted by atomic mass is 10.0. The van der Waals surface area contributed by atoms with Crippen molar-refractivity contribution in [2.45, 2.75) is 53.0 Å². The highest BCUT2D eigenvalue weighted by atomic mass is 16.3. The van der Waals surface area contributed by atoms with E-state index in [0.717, 1.165) is 36.3 Å². The van der Waals surface area contributed by atoms with Crippen LogP contribution in [-0.4, -0.2) is 24.3 Å². The molecular weight excluding hydrogens is 268 g/mol. The molecule has 1 rings (SSSR count). The number of hydrogen-bond donors (Lipinski definition) is 3. The van der Waals surface area contributed by atoms with Crippen LogP contribution in [0.15, 0.2) is 10.5 Å². The minimum absolute atomic E-state index is 0.0927. The zero-order valence-corrected chi connectivity index (χ0v) is 13.5. The molecule has 1 aromatic rings. The zero-order chi connectivity index (χ0) is 15.8. The number of hydrogen-bond acceptors (Lipinski definition) is 3. The van der Waals surface area contributed by atoms with Gasteiger partial charge in [0.05, 0.1) is 6.04 Å². The SMILES string of the molecule is CCCC(CCO)CNC(=O)NC(C)c1cc(C)oc1C. The number of aliphatic hydroxyl groups excluding tert-OH is 1. The average Bonchev–Trinajstić information content (AvgIpc) is 2.75. The molecule has 2 atom stereocenters. The van der Waals surface area contributed by atoms with E-state index >= 15 is 0 Å². The van der Waals surface area contributed by atoms with Gasteiger partial charge in [0.25, 0.3) is 0 Å². The monoisotopic (exact) mass is 296 g/mol. The van der Waals surface area contributed by atoms with E-state index in [9.17, 15) is 4.79 Å². The van der Waals surface area contributed by atoms with E-state index in [1.807, 2.05) is 26.8 Å². The van der Waals surface area contributed by atoms with Crippen LogP contribution in [0, 0.1) is 19.8 Å². The standard InChI is InChI=1S/C16H28N2O3/c1-5-6-14(7-8-19)10-17-16(20)18-12(3)15-9-11(2)21-13(15)4/h9,12,14,19H,5-8,10H2,1-4H3,(H2,17,18,20). The second-order valence-corrected chi connectivity index (χ2v) is 5.61. The molecule has 0 aliphatic carbocycles. The lowest BCUT2D eigenvalue weighted by Crippen LogP contribution is -2.39. The fraction of sp³-hybridized carbons (Fsp3) is 0.688. The summed E-state index contributed by atoms with van der Waals surface area (Å²) in [6.07, 6.45) is 2.79. The Hall–Kier alpha value is -1.49. The van der Waals surface area contributed by atoms with E-state index in [4.69, 9.17) is 9.52 Å². The first kappa shape index (κ1) is 17.6. The van der Waals surface area contributed by atoms with Gasteiger partial charge in [0.1, 0.15) is 11.5 Å². The summed E-state index contributed by atoms with van der Waals surface area (Å²) in [6.45, 7) is 8.60. The Morgan fingerprint density at radius 3 is 2.62 bits per heavy atom. The van der Waals surface area contributed by atoms with Crippen molar-refractivity contribution in [3.63, 3.8) is 0 Å². The quantitative estimate of drug-likeness (QED) is 0.690. The van der Waals surface area contributed by atoms with E-state index < -0.39 is 0 Å². The van der Waals surface area contributed by atoms with Crippen molar-refractivity contribution >= 4 is 6.03 Å². The molecular formula is C16H28N2O3. The molecule has 21 heavy (non-hydrogen) atoms. The Morgan fingerprint density at radius 2 is 2.10 bits per heavy atom. The molecule has 0 fully saturated rings. The first-order valence-corrected chi connectivity index (χ1v) is 7.70. The molecule has 0 aromatic carbocycles. The predicted octanol–water partition coefficient (Wildman–Crippen LogP) is 3.06. The summed E-state index contributed by atoms with van der Waals surface area (Å²) < 4.78 is 5.48. The predicted molar refractivity (Wildman–Crippen MR) is 83.2 cm³/mol. The lowest BCUT2D eigenvalue weighted by molar-refractivity contribution is 0.227. The van der Waals surface area contributed by atoms with Crippen molar-refractivity contribution in [2.24, 2.45) is 5.92 Å². The van der Waals surface area contributed by atoms with Crippen LogP contribution < -0.4 is 10.6 Å². The largest absolute Gasteiger partial charge is 0.466 e. The van der Waals surface area contributed by atoms with E-state index in [0.29, 0.717) is 12.5 Å². The summed E-state index contributed by atoms with van der Waals surface area (Å²) in [5, 5.41) is 14.8. The number of urea groups is 1. The van der Waals surface area contributed by atoms with Gasteiger partial charge in [-0.05, 0) is 45.6 Å².